The number of sulfone groups is 1. The van der Waals surface area contributed by atoms with Crippen LogP contribution < -0.4 is 10.5 Å². The summed E-state index contributed by atoms with van der Waals surface area (Å²) in [5.74, 6) is -2.22. The van der Waals surface area contributed by atoms with Crippen molar-refractivity contribution in [1.29, 1.82) is 5.41 Å². The zero-order valence-corrected chi connectivity index (χ0v) is 20.2. The van der Waals surface area contributed by atoms with Gasteiger partial charge in [-0.25, -0.2) is 13.2 Å². The summed E-state index contributed by atoms with van der Waals surface area (Å²) in [6, 6.07) is 15.7. The van der Waals surface area contributed by atoms with E-state index in [0.29, 0.717) is 14.8 Å². The van der Waals surface area contributed by atoms with E-state index in [1.165, 1.54) is 29.2 Å². The van der Waals surface area contributed by atoms with Crippen molar-refractivity contribution in [3.63, 3.8) is 0 Å². The first-order valence-electron chi connectivity index (χ1n) is 9.13. The first kappa shape index (κ1) is 27.2. The molecule has 0 unspecified atom stereocenters. The Morgan fingerprint density at radius 1 is 1.15 bits per heavy atom. The van der Waals surface area contributed by atoms with E-state index in [1.54, 1.807) is 31.6 Å². The van der Waals surface area contributed by atoms with Crippen LogP contribution in [0.15, 0.2) is 68.6 Å². The molecule has 0 spiro atoms. The van der Waals surface area contributed by atoms with Gasteiger partial charge in [-0.05, 0) is 36.1 Å². The predicted octanol–water partition coefficient (Wildman–Crippen LogP) is 4.90. The lowest BCUT2D eigenvalue weighted by Gasteiger charge is -2.10. The van der Waals surface area contributed by atoms with Gasteiger partial charge in [0.1, 0.15) is 11.6 Å². The number of hydrogen-bond acceptors (Lipinski definition) is 7. The first-order chi connectivity index (χ1) is 15.8. The molecule has 0 saturated carbocycles. The van der Waals surface area contributed by atoms with Gasteiger partial charge in [0, 0.05) is 5.56 Å². The number of para-hydroxylation sites is 1. The molecule has 3 aromatic rings. The maximum Gasteiger partial charge on any atom is 0.490 e. The lowest BCUT2D eigenvalue weighted by Crippen LogP contribution is -2.21. The third kappa shape index (κ3) is 6.30. The number of alkyl halides is 3. The lowest BCUT2D eigenvalue weighted by atomic mass is 10.1. The normalized spacial score (nSPS) is 11.3. The Labute approximate surface area is 201 Å². The van der Waals surface area contributed by atoms with Crippen LogP contribution in [0.2, 0.25) is 0 Å². The van der Waals surface area contributed by atoms with Gasteiger partial charge in [-0.3, -0.25) is 5.41 Å². The zero-order chi connectivity index (χ0) is 25.7. The van der Waals surface area contributed by atoms with Gasteiger partial charge in [0.2, 0.25) is 9.84 Å². The number of carbonyl (C=O) groups is 1. The SMILES string of the molecule is COc1ccccc1-c1cccc(S(=O)(=O)c2cc(C(=N)N)sc2SC)c1.O=C(O)C(F)(F)F. The topological polar surface area (TPSA) is 131 Å². The lowest BCUT2D eigenvalue weighted by molar-refractivity contribution is -0.192. The Bertz CT molecular complexity index is 1300. The summed E-state index contributed by atoms with van der Waals surface area (Å²) < 4.78 is 64.2. The average molecular weight is 533 g/mol. The number of ether oxygens (including phenoxy) is 1. The second-order valence-electron chi connectivity index (χ2n) is 6.41. The molecule has 3 rings (SSSR count). The van der Waals surface area contributed by atoms with Gasteiger partial charge in [-0.1, -0.05) is 30.3 Å². The molecule has 0 aliphatic carbocycles. The number of nitrogens with one attached hydrogen (secondary N) is 1. The summed E-state index contributed by atoms with van der Waals surface area (Å²) in [6.45, 7) is 0. The summed E-state index contributed by atoms with van der Waals surface area (Å²) in [5.41, 5.74) is 7.11. The minimum Gasteiger partial charge on any atom is -0.496 e. The van der Waals surface area contributed by atoms with Crippen molar-refractivity contribution in [1.82, 2.24) is 0 Å². The van der Waals surface area contributed by atoms with E-state index < -0.39 is 22.0 Å². The predicted molar refractivity (Wildman–Crippen MR) is 125 cm³/mol. The van der Waals surface area contributed by atoms with Crippen molar-refractivity contribution in [2.45, 2.75) is 20.2 Å². The summed E-state index contributed by atoms with van der Waals surface area (Å²) >= 11 is 2.54. The molecule has 2 aromatic carbocycles. The molecule has 182 valence electrons. The molecule has 0 bridgehead atoms. The maximum absolute atomic E-state index is 13.2. The highest BCUT2D eigenvalue weighted by molar-refractivity contribution is 8.01. The molecule has 0 amide bonds. The van der Waals surface area contributed by atoms with Crippen molar-refractivity contribution in [3.05, 3.63) is 59.5 Å². The monoisotopic (exact) mass is 532 g/mol. The van der Waals surface area contributed by atoms with Crippen LogP contribution in [0.3, 0.4) is 0 Å². The zero-order valence-electron chi connectivity index (χ0n) is 17.7. The minimum atomic E-state index is -5.08. The van der Waals surface area contributed by atoms with Gasteiger partial charge < -0.3 is 15.6 Å². The van der Waals surface area contributed by atoms with Crippen molar-refractivity contribution >= 4 is 44.7 Å². The molecule has 0 atom stereocenters. The number of carboxylic acids is 1. The number of methoxy groups -OCH3 is 1. The number of carboxylic acid groups (broad SMARTS) is 1. The number of halogens is 3. The Morgan fingerprint density at radius 3 is 2.29 bits per heavy atom. The van der Waals surface area contributed by atoms with Crippen LogP contribution in [0.4, 0.5) is 13.2 Å². The molecule has 0 saturated heterocycles. The average Bonchev–Trinajstić information content (AvgIpc) is 3.25. The number of thioether (sulfide) groups is 1. The smallest absolute Gasteiger partial charge is 0.490 e. The molecule has 4 N–H and O–H groups in total. The standard InChI is InChI=1S/C19H18N2O3S3.C2HF3O2/c1-24-15-9-4-3-8-14(15)12-6-5-7-13(10-12)27(22,23)17-11-16(18(20)21)26-19(17)25-2;3-2(4,5)1(6)7/h3-11H,1-2H3,(H3,20,21);(H,6,7). The summed E-state index contributed by atoms with van der Waals surface area (Å²) in [6.07, 6.45) is -3.28. The van der Waals surface area contributed by atoms with E-state index in [-0.39, 0.29) is 15.6 Å². The summed E-state index contributed by atoms with van der Waals surface area (Å²) in [5, 5.41) is 14.7. The number of hydrogen-bond donors (Lipinski definition) is 3. The van der Waals surface area contributed by atoms with Gasteiger partial charge in [0.05, 0.1) is 26.0 Å². The molecule has 0 aliphatic heterocycles. The van der Waals surface area contributed by atoms with Gasteiger partial charge in [0.15, 0.2) is 0 Å². The second-order valence-corrected chi connectivity index (χ2v) is 10.5. The number of aliphatic carboxylic acids is 1. The van der Waals surface area contributed by atoms with Crippen LogP contribution >= 0.6 is 23.1 Å². The Hall–Kier alpha value is -3.03. The van der Waals surface area contributed by atoms with Crippen molar-refractivity contribution < 1.29 is 36.2 Å². The van der Waals surface area contributed by atoms with Gasteiger partial charge in [0.25, 0.3) is 0 Å². The highest BCUT2D eigenvalue weighted by atomic mass is 32.2. The van der Waals surface area contributed by atoms with E-state index in [9.17, 15) is 21.6 Å². The van der Waals surface area contributed by atoms with E-state index in [1.807, 2.05) is 30.3 Å². The Morgan fingerprint density at radius 2 is 1.76 bits per heavy atom. The number of amidine groups is 1. The van der Waals surface area contributed by atoms with Crippen molar-refractivity contribution in [2.24, 2.45) is 5.73 Å². The molecule has 34 heavy (non-hydrogen) atoms. The molecule has 1 aromatic heterocycles. The van der Waals surface area contributed by atoms with E-state index >= 15 is 0 Å². The van der Waals surface area contributed by atoms with Gasteiger partial charge >= 0.3 is 12.1 Å². The van der Waals surface area contributed by atoms with Crippen LogP contribution in [-0.2, 0) is 14.6 Å². The van der Waals surface area contributed by atoms with Crippen LogP contribution in [0.25, 0.3) is 11.1 Å². The molecule has 0 fully saturated rings. The maximum atomic E-state index is 13.2. The van der Waals surface area contributed by atoms with Crippen LogP contribution in [0.1, 0.15) is 4.88 Å². The van der Waals surface area contributed by atoms with E-state index in [2.05, 4.69) is 0 Å². The van der Waals surface area contributed by atoms with Crippen molar-refractivity contribution in [3.8, 4) is 16.9 Å². The summed E-state index contributed by atoms with van der Waals surface area (Å²) in [7, 11) is -2.17. The molecular formula is C21H19F3N2O5S3. The summed E-state index contributed by atoms with van der Waals surface area (Å²) in [4.78, 5) is 9.71. The third-order valence-corrected chi connectivity index (χ3v) is 8.55. The Kier molecular flexibility index (Phi) is 8.75. The number of thiophene rings is 1. The number of benzene rings is 2. The van der Waals surface area contributed by atoms with Crippen LogP contribution in [0.5, 0.6) is 5.75 Å². The largest absolute Gasteiger partial charge is 0.496 e. The fourth-order valence-corrected chi connectivity index (χ4v) is 6.56. The quantitative estimate of drug-likeness (QED) is 0.234. The van der Waals surface area contributed by atoms with Gasteiger partial charge in [-0.15, -0.1) is 23.1 Å². The highest BCUT2D eigenvalue weighted by Crippen LogP contribution is 2.38. The minimum absolute atomic E-state index is 0.139. The molecular weight excluding hydrogens is 513 g/mol. The van der Waals surface area contributed by atoms with Crippen LogP contribution in [0, 0.1) is 5.41 Å². The number of nitrogen functional groups attached to an aromatic ring is 1. The first-order valence-corrected chi connectivity index (χ1v) is 12.7. The molecule has 7 nitrogen and oxygen atoms in total. The van der Waals surface area contributed by atoms with Crippen molar-refractivity contribution in [2.75, 3.05) is 13.4 Å². The molecule has 0 aliphatic rings. The highest BCUT2D eigenvalue weighted by Gasteiger charge is 2.38. The Balaban J connectivity index is 0.000000509. The number of rotatable bonds is 6. The molecule has 1 heterocycles. The third-order valence-electron chi connectivity index (χ3n) is 4.21. The number of nitrogens with two attached hydrogens (primary N) is 1. The van der Waals surface area contributed by atoms with Gasteiger partial charge in [-0.2, -0.15) is 13.2 Å². The van der Waals surface area contributed by atoms with E-state index in [0.717, 1.165) is 11.1 Å². The fraction of sp³-hybridized carbons (Fsp3) is 0.143. The molecule has 0 radical (unpaired) electrons. The molecule has 13 heteroatoms. The second kappa shape index (κ2) is 10.9. The van der Waals surface area contributed by atoms with Crippen LogP contribution in [-0.4, -0.2) is 44.9 Å². The fourth-order valence-electron chi connectivity index (χ4n) is 2.66. The van der Waals surface area contributed by atoms with E-state index in [4.69, 9.17) is 25.8 Å².